The van der Waals surface area contributed by atoms with Crippen LogP contribution in [-0.4, -0.2) is 19.2 Å². The van der Waals surface area contributed by atoms with Gasteiger partial charge in [-0.05, 0) is 35.2 Å². The summed E-state index contributed by atoms with van der Waals surface area (Å²) in [5.41, 5.74) is 1.99. The molecule has 0 unspecified atom stereocenters. The second kappa shape index (κ2) is 7.72. The van der Waals surface area contributed by atoms with Crippen molar-refractivity contribution in [1.29, 1.82) is 0 Å². The molecular weight excluding hydrogens is 384 g/mol. The van der Waals surface area contributed by atoms with Crippen molar-refractivity contribution in [2.45, 2.75) is 13.1 Å². The summed E-state index contributed by atoms with van der Waals surface area (Å²) in [7, 11) is 3.28. The van der Waals surface area contributed by atoms with Gasteiger partial charge in [0.25, 0.3) is 5.56 Å². The first kappa shape index (κ1) is 17.5. The normalized spacial score (nSPS) is 10.8. The number of H-pyrrole nitrogens is 1. The van der Waals surface area contributed by atoms with Gasteiger partial charge < -0.3 is 19.8 Å². The molecule has 6 heteroatoms. The molecule has 3 aromatic rings. The highest BCUT2D eigenvalue weighted by Crippen LogP contribution is 2.25. The number of methoxy groups -OCH3 is 2. The smallest absolute Gasteiger partial charge is 0.255 e. The number of halogens is 1. The lowest BCUT2D eigenvalue weighted by Crippen LogP contribution is -2.16. The van der Waals surface area contributed by atoms with Crippen LogP contribution in [0.5, 0.6) is 11.5 Å². The van der Waals surface area contributed by atoms with Gasteiger partial charge in [0.1, 0.15) is 11.5 Å². The fraction of sp³-hybridized carbons (Fsp3) is 0.211. The number of hydrogen-bond acceptors (Lipinski definition) is 4. The van der Waals surface area contributed by atoms with E-state index in [-0.39, 0.29) is 5.56 Å². The Hall–Kier alpha value is -2.31. The van der Waals surface area contributed by atoms with Crippen molar-refractivity contribution in [1.82, 2.24) is 10.3 Å². The second-order valence-electron chi connectivity index (χ2n) is 5.61. The Balaban J connectivity index is 1.79. The largest absolute Gasteiger partial charge is 0.497 e. The predicted octanol–water partition coefficient (Wildman–Crippen LogP) is 3.60. The highest BCUT2D eigenvalue weighted by atomic mass is 79.9. The van der Waals surface area contributed by atoms with Crippen LogP contribution in [0, 0.1) is 0 Å². The number of fused-ring (bicyclic) bond motifs is 1. The standard InChI is InChI=1S/C19H19BrN2O3/c1-24-15-5-3-12(18(8-15)25-2)9-21-10-13-11-22-19(23)16-6-4-14(20)7-17(13)16/h3-8,11,21H,9-10H2,1-2H3,(H,22,23). The molecule has 0 radical (unpaired) electrons. The summed E-state index contributed by atoms with van der Waals surface area (Å²) < 4.78 is 11.6. The highest BCUT2D eigenvalue weighted by molar-refractivity contribution is 9.10. The minimum atomic E-state index is -0.0805. The van der Waals surface area contributed by atoms with Gasteiger partial charge in [-0.15, -0.1) is 0 Å². The number of hydrogen-bond donors (Lipinski definition) is 2. The zero-order valence-corrected chi connectivity index (χ0v) is 15.6. The Morgan fingerprint density at radius 3 is 2.56 bits per heavy atom. The molecule has 0 amide bonds. The van der Waals surface area contributed by atoms with Gasteiger partial charge in [0.2, 0.25) is 0 Å². The van der Waals surface area contributed by atoms with Crippen LogP contribution in [0.2, 0.25) is 0 Å². The van der Waals surface area contributed by atoms with Crippen LogP contribution < -0.4 is 20.3 Å². The average molecular weight is 403 g/mol. The highest BCUT2D eigenvalue weighted by Gasteiger charge is 2.08. The van der Waals surface area contributed by atoms with Crippen LogP contribution in [0.1, 0.15) is 11.1 Å². The van der Waals surface area contributed by atoms with E-state index in [4.69, 9.17) is 9.47 Å². The van der Waals surface area contributed by atoms with E-state index in [9.17, 15) is 4.79 Å². The number of aromatic nitrogens is 1. The summed E-state index contributed by atoms with van der Waals surface area (Å²) in [6.45, 7) is 1.26. The lowest BCUT2D eigenvalue weighted by molar-refractivity contribution is 0.390. The third-order valence-corrected chi connectivity index (χ3v) is 4.57. The number of aromatic amines is 1. The molecule has 5 nitrogen and oxygen atoms in total. The Bertz CT molecular complexity index is 953. The zero-order chi connectivity index (χ0) is 17.8. The Morgan fingerprint density at radius 2 is 1.80 bits per heavy atom. The minimum absolute atomic E-state index is 0.0805. The van der Waals surface area contributed by atoms with Crippen molar-refractivity contribution in [3.05, 3.63) is 68.5 Å². The zero-order valence-electron chi connectivity index (χ0n) is 14.1. The third kappa shape index (κ3) is 3.86. The van der Waals surface area contributed by atoms with Crippen LogP contribution in [-0.2, 0) is 13.1 Å². The molecule has 0 fully saturated rings. The van der Waals surface area contributed by atoms with Crippen LogP contribution >= 0.6 is 15.9 Å². The first-order valence-electron chi connectivity index (χ1n) is 7.84. The van der Waals surface area contributed by atoms with Gasteiger partial charge in [-0.1, -0.05) is 22.0 Å². The first-order chi connectivity index (χ1) is 12.1. The van der Waals surface area contributed by atoms with Crippen molar-refractivity contribution in [2.24, 2.45) is 0 Å². The van der Waals surface area contributed by atoms with Crippen LogP contribution in [0.25, 0.3) is 10.8 Å². The van der Waals surface area contributed by atoms with E-state index in [0.717, 1.165) is 32.5 Å². The molecular formula is C19H19BrN2O3. The van der Waals surface area contributed by atoms with E-state index in [1.807, 2.05) is 36.4 Å². The van der Waals surface area contributed by atoms with Gasteiger partial charge in [-0.3, -0.25) is 4.79 Å². The molecule has 0 aliphatic carbocycles. The quantitative estimate of drug-likeness (QED) is 0.660. The molecule has 2 aromatic carbocycles. The van der Waals surface area contributed by atoms with Crippen molar-refractivity contribution >= 4 is 26.7 Å². The van der Waals surface area contributed by atoms with Crippen LogP contribution in [0.4, 0.5) is 0 Å². The molecule has 0 spiro atoms. The molecule has 25 heavy (non-hydrogen) atoms. The Morgan fingerprint density at radius 1 is 1.00 bits per heavy atom. The molecule has 0 atom stereocenters. The molecule has 0 saturated carbocycles. The maximum absolute atomic E-state index is 12.0. The first-order valence-corrected chi connectivity index (χ1v) is 8.63. The van der Waals surface area contributed by atoms with Gasteiger partial charge in [-0.25, -0.2) is 0 Å². The van der Waals surface area contributed by atoms with E-state index >= 15 is 0 Å². The van der Waals surface area contributed by atoms with E-state index in [1.54, 1.807) is 20.4 Å². The topological polar surface area (TPSA) is 63.3 Å². The maximum atomic E-state index is 12.0. The lowest BCUT2D eigenvalue weighted by Gasteiger charge is -2.12. The molecule has 2 N–H and O–H groups in total. The molecule has 1 aromatic heterocycles. The van der Waals surface area contributed by atoms with Crippen molar-refractivity contribution < 1.29 is 9.47 Å². The van der Waals surface area contributed by atoms with E-state index in [1.165, 1.54) is 0 Å². The van der Waals surface area contributed by atoms with E-state index < -0.39 is 0 Å². The summed E-state index contributed by atoms with van der Waals surface area (Å²) >= 11 is 3.47. The Labute approximate surface area is 154 Å². The van der Waals surface area contributed by atoms with Gasteiger partial charge in [0.05, 0.1) is 14.2 Å². The van der Waals surface area contributed by atoms with Gasteiger partial charge in [0.15, 0.2) is 0 Å². The summed E-state index contributed by atoms with van der Waals surface area (Å²) in [5.74, 6) is 1.54. The van der Waals surface area contributed by atoms with Gasteiger partial charge in [-0.2, -0.15) is 0 Å². The Kier molecular flexibility index (Phi) is 5.40. The van der Waals surface area contributed by atoms with Crippen LogP contribution in [0.3, 0.4) is 0 Å². The predicted molar refractivity (Wildman–Crippen MR) is 102 cm³/mol. The van der Waals surface area contributed by atoms with Crippen molar-refractivity contribution in [2.75, 3.05) is 14.2 Å². The number of rotatable bonds is 6. The van der Waals surface area contributed by atoms with Gasteiger partial charge in [0, 0.05) is 40.8 Å². The number of nitrogens with one attached hydrogen (secondary N) is 2. The molecule has 0 aliphatic heterocycles. The number of pyridine rings is 1. The van der Waals surface area contributed by atoms with E-state index in [2.05, 4.69) is 26.2 Å². The number of benzene rings is 2. The molecule has 3 rings (SSSR count). The number of ether oxygens (including phenoxy) is 2. The van der Waals surface area contributed by atoms with Crippen molar-refractivity contribution in [3.8, 4) is 11.5 Å². The molecule has 130 valence electrons. The second-order valence-corrected chi connectivity index (χ2v) is 6.53. The molecule has 0 aliphatic rings. The lowest BCUT2D eigenvalue weighted by atomic mass is 10.1. The molecule has 0 saturated heterocycles. The summed E-state index contributed by atoms with van der Waals surface area (Å²) in [6.07, 6.45) is 1.76. The summed E-state index contributed by atoms with van der Waals surface area (Å²) in [6, 6.07) is 11.4. The van der Waals surface area contributed by atoms with Crippen LogP contribution in [0.15, 0.2) is 51.9 Å². The monoisotopic (exact) mass is 402 g/mol. The minimum Gasteiger partial charge on any atom is -0.497 e. The molecule has 1 heterocycles. The molecule has 0 bridgehead atoms. The fourth-order valence-electron chi connectivity index (χ4n) is 2.76. The maximum Gasteiger partial charge on any atom is 0.255 e. The summed E-state index contributed by atoms with van der Waals surface area (Å²) in [4.78, 5) is 14.8. The fourth-order valence-corrected chi connectivity index (χ4v) is 3.13. The average Bonchev–Trinajstić information content (AvgIpc) is 2.63. The van der Waals surface area contributed by atoms with Gasteiger partial charge >= 0.3 is 0 Å². The van der Waals surface area contributed by atoms with E-state index in [0.29, 0.717) is 18.5 Å². The third-order valence-electron chi connectivity index (χ3n) is 4.07. The summed E-state index contributed by atoms with van der Waals surface area (Å²) in [5, 5.41) is 5.03. The van der Waals surface area contributed by atoms with Crippen molar-refractivity contribution in [3.63, 3.8) is 0 Å². The SMILES string of the molecule is COc1ccc(CNCc2c[nH]c(=O)c3ccc(Br)cc23)c(OC)c1.